The van der Waals surface area contributed by atoms with Gasteiger partial charge < -0.3 is 10.0 Å². The van der Waals surface area contributed by atoms with Crippen molar-refractivity contribution in [1.82, 2.24) is 0 Å². The first-order valence-electron chi connectivity index (χ1n) is 3.78. The molecule has 0 saturated heterocycles. The van der Waals surface area contributed by atoms with Crippen LogP contribution >= 0.6 is 0 Å². The second-order valence-electron chi connectivity index (χ2n) is 2.95. The molecule has 1 rings (SSSR count). The van der Waals surface area contributed by atoms with Crippen molar-refractivity contribution >= 4 is 22.4 Å². The van der Waals surface area contributed by atoms with Gasteiger partial charge in [-0.3, -0.25) is 0 Å². The number of benzene rings is 1. The largest absolute Gasteiger partial charge is 0.491 e. The standard InChI is InChI=1S/C7H7BF2O4S/c1-15(13,14)7-3-5(9)4(8(11)12)2-6(7)10/h2-3,11-12H,1H3. The van der Waals surface area contributed by atoms with Crippen LogP contribution < -0.4 is 5.46 Å². The van der Waals surface area contributed by atoms with Gasteiger partial charge in [-0.05, 0) is 12.1 Å². The fourth-order valence-corrected chi connectivity index (χ4v) is 1.76. The number of hydrogen-bond donors (Lipinski definition) is 2. The summed E-state index contributed by atoms with van der Waals surface area (Å²) >= 11 is 0. The Morgan fingerprint density at radius 1 is 1.20 bits per heavy atom. The molecule has 1 aromatic carbocycles. The Labute approximate surface area is 85.2 Å². The lowest BCUT2D eigenvalue weighted by Crippen LogP contribution is -2.33. The first-order valence-corrected chi connectivity index (χ1v) is 5.67. The van der Waals surface area contributed by atoms with Crippen molar-refractivity contribution < 1.29 is 27.2 Å². The Kier molecular flexibility index (Phi) is 3.12. The lowest BCUT2D eigenvalue weighted by molar-refractivity contribution is 0.422. The molecule has 0 fully saturated rings. The average Bonchev–Trinajstić information content (AvgIpc) is 2.06. The quantitative estimate of drug-likeness (QED) is 0.649. The molecular weight excluding hydrogens is 229 g/mol. The zero-order chi connectivity index (χ0) is 11.8. The molecule has 8 heteroatoms. The van der Waals surface area contributed by atoms with Gasteiger partial charge in [0.1, 0.15) is 16.5 Å². The maximum atomic E-state index is 13.1. The minimum Gasteiger partial charge on any atom is -0.423 e. The Hall–Kier alpha value is -0.985. The third-order valence-electron chi connectivity index (χ3n) is 1.73. The Morgan fingerprint density at radius 2 is 1.73 bits per heavy atom. The molecule has 0 saturated carbocycles. The predicted octanol–water partition coefficient (Wildman–Crippen LogP) is -0.952. The van der Waals surface area contributed by atoms with E-state index in [2.05, 4.69) is 0 Å². The van der Waals surface area contributed by atoms with Gasteiger partial charge in [-0.2, -0.15) is 0 Å². The molecule has 0 heterocycles. The molecule has 0 aliphatic carbocycles. The van der Waals surface area contributed by atoms with Crippen LogP contribution in [0.2, 0.25) is 0 Å². The van der Waals surface area contributed by atoms with Crippen molar-refractivity contribution in [1.29, 1.82) is 0 Å². The second kappa shape index (κ2) is 3.88. The first kappa shape index (κ1) is 12.1. The van der Waals surface area contributed by atoms with E-state index in [0.717, 1.165) is 6.26 Å². The highest BCUT2D eigenvalue weighted by Gasteiger charge is 2.23. The minimum absolute atomic E-state index is 0.416. The Balaban J connectivity index is 3.46. The normalized spacial score (nSPS) is 11.5. The van der Waals surface area contributed by atoms with E-state index in [-0.39, 0.29) is 0 Å². The number of hydrogen-bond acceptors (Lipinski definition) is 4. The van der Waals surface area contributed by atoms with Crippen molar-refractivity contribution in [3.8, 4) is 0 Å². The Morgan fingerprint density at radius 3 is 2.13 bits per heavy atom. The molecule has 82 valence electrons. The third-order valence-corrected chi connectivity index (χ3v) is 2.84. The summed E-state index contributed by atoms with van der Waals surface area (Å²) in [5.41, 5.74) is -0.708. The van der Waals surface area contributed by atoms with Crippen LogP contribution in [-0.4, -0.2) is 31.8 Å². The maximum absolute atomic E-state index is 13.1. The fraction of sp³-hybridized carbons (Fsp3) is 0.143. The first-order chi connectivity index (χ1) is 6.73. The van der Waals surface area contributed by atoms with E-state index in [1.54, 1.807) is 0 Å². The van der Waals surface area contributed by atoms with Gasteiger partial charge in [-0.15, -0.1) is 0 Å². The van der Waals surface area contributed by atoms with E-state index in [1.807, 2.05) is 0 Å². The summed E-state index contributed by atoms with van der Waals surface area (Å²) in [6.07, 6.45) is 0.722. The van der Waals surface area contributed by atoms with Gasteiger partial charge in [-0.25, -0.2) is 17.2 Å². The van der Waals surface area contributed by atoms with E-state index >= 15 is 0 Å². The van der Waals surface area contributed by atoms with Crippen LogP contribution in [0.5, 0.6) is 0 Å². The molecule has 15 heavy (non-hydrogen) atoms. The summed E-state index contributed by atoms with van der Waals surface area (Å²) in [6, 6.07) is 0.857. The highest BCUT2D eigenvalue weighted by atomic mass is 32.2. The molecule has 0 unspecified atom stereocenters. The van der Waals surface area contributed by atoms with Gasteiger partial charge in [0, 0.05) is 11.7 Å². The van der Waals surface area contributed by atoms with Gasteiger partial charge in [0.15, 0.2) is 9.84 Å². The molecule has 0 bridgehead atoms. The molecule has 0 amide bonds. The second-order valence-corrected chi connectivity index (χ2v) is 4.93. The van der Waals surface area contributed by atoms with E-state index in [1.165, 1.54) is 0 Å². The number of rotatable bonds is 2. The van der Waals surface area contributed by atoms with E-state index < -0.39 is 38.9 Å². The van der Waals surface area contributed by atoms with E-state index in [9.17, 15) is 17.2 Å². The lowest BCUT2D eigenvalue weighted by Gasteiger charge is -2.05. The predicted molar refractivity (Wildman–Crippen MR) is 49.3 cm³/mol. The smallest absolute Gasteiger partial charge is 0.423 e. The summed E-state index contributed by atoms with van der Waals surface area (Å²) in [5, 5.41) is 17.2. The third kappa shape index (κ3) is 2.52. The molecular formula is C7H7BF2O4S. The molecule has 0 aromatic heterocycles. The summed E-state index contributed by atoms with van der Waals surface area (Å²) in [4.78, 5) is -0.815. The molecule has 0 aliphatic heterocycles. The minimum atomic E-state index is -3.88. The molecule has 0 atom stereocenters. The monoisotopic (exact) mass is 236 g/mol. The highest BCUT2D eigenvalue weighted by Crippen LogP contribution is 2.14. The van der Waals surface area contributed by atoms with Crippen molar-refractivity contribution in [2.45, 2.75) is 4.90 Å². The van der Waals surface area contributed by atoms with Crippen molar-refractivity contribution in [2.75, 3.05) is 6.26 Å². The number of sulfone groups is 1. The van der Waals surface area contributed by atoms with Crippen LogP contribution in [0.1, 0.15) is 0 Å². The highest BCUT2D eigenvalue weighted by molar-refractivity contribution is 7.90. The van der Waals surface area contributed by atoms with Gasteiger partial charge in [0.2, 0.25) is 0 Å². The van der Waals surface area contributed by atoms with Crippen LogP contribution in [0.3, 0.4) is 0 Å². The van der Waals surface area contributed by atoms with Crippen LogP contribution in [0.25, 0.3) is 0 Å². The zero-order valence-corrected chi connectivity index (χ0v) is 8.42. The van der Waals surface area contributed by atoms with E-state index in [0.29, 0.717) is 12.1 Å². The van der Waals surface area contributed by atoms with Crippen LogP contribution in [0.4, 0.5) is 8.78 Å². The average molecular weight is 236 g/mol. The van der Waals surface area contributed by atoms with Gasteiger partial charge in [-0.1, -0.05) is 0 Å². The molecule has 0 radical (unpaired) electrons. The lowest BCUT2D eigenvalue weighted by atomic mass is 9.80. The van der Waals surface area contributed by atoms with Gasteiger partial charge >= 0.3 is 7.12 Å². The van der Waals surface area contributed by atoms with Gasteiger partial charge in [0.25, 0.3) is 0 Å². The number of halogens is 2. The van der Waals surface area contributed by atoms with Crippen LogP contribution in [0.15, 0.2) is 17.0 Å². The zero-order valence-electron chi connectivity index (χ0n) is 7.61. The molecule has 0 spiro atoms. The van der Waals surface area contributed by atoms with Crippen LogP contribution in [-0.2, 0) is 9.84 Å². The van der Waals surface area contributed by atoms with Gasteiger partial charge in [0.05, 0.1) is 0 Å². The molecule has 4 nitrogen and oxygen atoms in total. The van der Waals surface area contributed by atoms with Crippen molar-refractivity contribution in [3.63, 3.8) is 0 Å². The van der Waals surface area contributed by atoms with E-state index in [4.69, 9.17) is 10.0 Å². The SMILES string of the molecule is CS(=O)(=O)c1cc(F)c(B(O)O)cc1F. The van der Waals surface area contributed by atoms with Crippen LogP contribution in [0, 0.1) is 11.6 Å². The molecule has 2 N–H and O–H groups in total. The summed E-state index contributed by atoms with van der Waals surface area (Å²) < 4.78 is 48.1. The molecule has 1 aromatic rings. The summed E-state index contributed by atoms with van der Waals surface area (Å²) in [6.45, 7) is 0. The van der Waals surface area contributed by atoms with Crippen molar-refractivity contribution in [2.24, 2.45) is 0 Å². The maximum Gasteiger partial charge on any atom is 0.491 e. The molecule has 0 aliphatic rings. The topological polar surface area (TPSA) is 74.6 Å². The summed E-state index contributed by atoms with van der Waals surface area (Å²) in [5.74, 6) is -2.41. The Bertz CT molecular complexity index is 486. The fourth-order valence-electron chi connectivity index (χ4n) is 1.03. The van der Waals surface area contributed by atoms with Crippen molar-refractivity contribution in [3.05, 3.63) is 23.8 Å². The summed E-state index contributed by atoms with van der Waals surface area (Å²) in [7, 11) is -6.06.